The molecule has 0 amide bonds. The summed E-state index contributed by atoms with van der Waals surface area (Å²) in [6.45, 7) is 12.4. The molecule has 0 saturated heterocycles. The maximum Gasteiger partial charge on any atom is 0.0322 e. The van der Waals surface area contributed by atoms with Crippen LogP contribution in [0.25, 0.3) is 0 Å². The maximum atomic E-state index is 3.72. The van der Waals surface area contributed by atoms with Crippen molar-refractivity contribution in [1.29, 1.82) is 0 Å². The van der Waals surface area contributed by atoms with Gasteiger partial charge in [-0.2, -0.15) is 0 Å². The van der Waals surface area contributed by atoms with Crippen molar-refractivity contribution in [3.8, 4) is 0 Å². The smallest absolute Gasteiger partial charge is 0.0322 e. The van der Waals surface area contributed by atoms with Crippen molar-refractivity contribution in [1.82, 2.24) is 5.32 Å². The second-order valence-electron chi connectivity index (χ2n) is 6.19. The van der Waals surface area contributed by atoms with E-state index in [0.29, 0.717) is 6.04 Å². The van der Waals surface area contributed by atoms with Crippen LogP contribution in [-0.2, 0) is 0 Å². The van der Waals surface area contributed by atoms with Gasteiger partial charge in [-0.25, -0.2) is 0 Å². The summed E-state index contributed by atoms with van der Waals surface area (Å²) < 4.78 is 0. The zero-order chi connectivity index (χ0) is 14.3. The average molecular weight is 261 g/mol. The molecule has 1 heteroatoms. The van der Waals surface area contributed by atoms with Gasteiger partial charge in [0.05, 0.1) is 0 Å². The molecule has 0 bridgehead atoms. The zero-order valence-corrected chi connectivity index (χ0v) is 13.4. The lowest BCUT2D eigenvalue weighted by Crippen LogP contribution is -2.23. The third-order valence-electron chi connectivity index (χ3n) is 3.72. The number of nitrogens with one attached hydrogen (secondary N) is 1. The number of hydrogen-bond acceptors (Lipinski definition) is 1. The van der Waals surface area contributed by atoms with Gasteiger partial charge in [0.15, 0.2) is 0 Å². The molecular formula is C18H31N. The van der Waals surface area contributed by atoms with E-state index >= 15 is 0 Å². The Hall–Kier alpha value is -0.820. The summed E-state index contributed by atoms with van der Waals surface area (Å²) in [5.74, 6) is 0.811. The van der Waals surface area contributed by atoms with Crippen LogP contribution in [0.5, 0.6) is 0 Å². The highest BCUT2D eigenvalue weighted by Gasteiger charge is 2.13. The van der Waals surface area contributed by atoms with Crippen LogP contribution < -0.4 is 5.32 Å². The van der Waals surface area contributed by atoms with E-state index < -0.39 is 0 Å². The van der Waals surface area contributed by atoms with Gasteiger partial charge in [-0.15, -0.1) is 0 Å². The molecule has 1 N–H and O–H groups in total. The molecule has 0 radical (unpaired) electrons. The van der Waals surface area contributed by atoms with Gasteiger partial charge >= 0.3 is 0 Å². The Morgan fingerprint density at radius 3 is 2.42 bits per heavy atom. The van der Waals surface area contributed by atoms with Crippen molar-refractivity contribution in [2.45, 2.75) is 66.3 Å². The number of aryl methyl sites for hydroxylation is 2. The van der Waals surface area contributed by atoms with E-state index in [4.69, 9.17) is 0 Å². The minimum absolute atomic E-state index is 0.527. The van der Waals surface area contributed by atoms with Crippen LogP contribution in [0, 0.1) is 19.8 Å². The third-order valence-corrected chi connectivity index (χ3v) is 3.72. The van der Waals surface area contributed by atoms with E-state index in [1.54, 1.807) is 0 Å². The van der Waals surface area contributed by atoms with Gasteiger partial charge < -0.3 is 5.32 Å². The fourth-order valence-electron chi connectivity index (χ4n) is 2.63. The largest absolute Gasteiger partial charge is 0.310 e. The average Bonchev–Trinajstić information content (AvgIpc) is 2.34. The lowest BCUT2D eigenvalue weighted by molar-refractivity contribution is 0.446. The molecule has 0 aliphatic carbocycles. The Morgan fingerprint density at radius 1 is 1.11 bits per heavy atom. The molecular weight excluding hydrogens is 230 g/mol. The molecule has 1 atom stereocenters. The number of rotatable bonds is 8. The van der Waals surface area contributed by atoms with E-state index in [1.807, 2.05) is 0 Å². The first kappa shape index (κ1) is 16.2. The van der Waals surface area contributed by atoms with Gasteiger partial charge in [-0.05, 0) is 50.3 Å². The SMILES string of the molecule is CCCNC(CCCC(C)C)c1ccc(C)cc1C. The number of benzene rings is 1. The molecule has 19 heavy (non-hydrogen) atoms. The molecule has 108 valence electrons. The number of hydrogen-bond donors (Lipinski definition) is 1. The van der Waals surface area contributed by atoms with E-state index in [0.717, 1.165) is 12.5 Å². The van der Waals surface area contributed by atoms with Crippen LogP contribution in [0.15, 0.2) is 18.2 Å². The van der Waals surface area contributed by atoms with Gasteiger partial charge in [0, 0.05) is 6.04 Å². The molecule has 1 aromatic carbocycles. The van der Waals surface area contributed by atoms with Crippen molar-refractivity contribution in [2.24, 2.45) is 5.92 Å². The molecule has 0 aromatic heterocycles. The predicted octanol–water partition coefficient (Wildman–Crippen LogP) is 5.17. The second-order valence-corrected chi connectivity index (χ2v) is 6.19. The fourth-order valence-corrected chi connectivity index (χ4v) is 2.63. The van der Waals surface area contributed by atoms with Crippen LogP contribution in [0.3, 0.4) is 0 Å². The summed E-state index contributed by atoms with van der Waals surface area (Å²) in [5, 5.41) is 3.72. The first-order valence-electron chi connectivity index (χ1n) is 7.85. The highest BCUT2D eigenvalue weighted by atomic mass is 14.9. The minimum Gasteiger partial charge on any atom is -0.310 e. The summed E-state index contributed by atoms with van der Waals surface area (Å²) in [4.78, 5) is 0. The summed E-state index contributed by atoms with van der Waals surface area (Å²) in [6, 6.07) is 7.39. The fraction of sp³-hybridized carbons (Fsp3) is 0.667. The first-order chi connectivity index (χ1) is 9.04. The lowest BCUT2D eigenvalue weighted by atomic mass is 9.94. The topological polar surface area (TPSA) is 12.0 Å². The van der Waals surface area contributed by atoms with Gasteiger partial charge in [-0.3, -0.25) is 0 Å². The van der Waals surface area contributed by atoms with Crippen LogP contribution in [0.2, 0.25) is 0 Å². The lowest BCUT2D eigenvalue weighted by Gasteiger charge is -2.22. The molecule has 1 unspecified atom stereocenters. The Morgan fingerprint density at radius 2 is 1.84 bits per heavy atom. The molecule has 1 nitrogen and oxygen atoms in total. The Kier molecular flexibility index (Phi) is 7.15. The van der Waals surface area contributed by atoms with Crippen LogP contribution >= 0.6 is 0 Å². The van der Waals surface area contributed by atoms with Gasteiger partial charge in [0.2, 0.25) is 0 Å². The van der Waals surface area contributed by atoms with E-state index in [9.17, 15) is 0 Å². The Labute approximate surface area is 119 Å². The monoisotopic (exact) mass is 261 g/mol. The van der Waals surface area contributed by atoms with Crippen molar-refractivity contribution in [3.63, 3.8) is 0 Å². The van der Waals surface area contributed by atoms with Crippen molar-refractivity contribution in [2.75, 3.05) is 6.54 Å². The summed E-state index contributed by atoms with van der Waals surface area (Å²) in [6.07, 6.45) is 5.09. The van der Waals surface area contributed by atoms with Crippen LogP contribution in [0.4, 0.5) is 0 Å². The Balaban J connectivity index is 2.71. The normalized spacial score (nSPS) is 12.9. The van der Waals surface area contributed by atoms with Crippen LogP contribution in [-0.4, -0.2) is 6.54 Å². The zero-order valence-electron chi connectivity index (χ0n) is 13.4. The maximum absolute atomic E-state index is 3.72. The minimum atomic E-state index is 0.527. The molecule has 0 fully saturated rings. The van der Waals surface area contributed by atoms with E-state index in [1.165, 1.54) is 42.4 Å². The first-order valence-corrected chi connectivity index (χ1v) is 7.85. The van der Waals surface area contributed by atoms with Crippen molar-refractivity contribution in [3.05, 3.63) is 34.9 Å². The highest BCUT2D eigenvalue weighted by Crippen LogP contribution is 2.24. The highest BCUT2D eigenvalue weighted by molar-refractivity contribution is 5.32. The summed E-state index contributed by atoms with van der Waals surface area (Å²) in [5.41, 5.74) is 4.28. The predicted molar refractivity (Wildman–Crippen MR) is 85.6 cm³/mol. The second kappa shape index (κ2) is 8.37. The molecule has 0 aliphatic heterocycles. The quantitative estimate of drug-likeness (QED) is 0.680. The Bertz CT molecular complexity index is 368. The van der Waals surface area contributed by atoms with Crippen LogP contribution in [0.1, 0.15) is 69.2 Å². The van der Waals surface area contributed by atoms with Gasteiger partial charge in [0.25, 0.3) is 0 Å². The molecule has 0 aliphatic rings. The molecule has 1 aromatic rings. The van der Waals surface area contributed by atoms with E-state index in [-0.39, 0.29) is 0 Å². The standard InChI is InChI=1S/C18H31N/c1-6-12-19-18(9-7-8-14(2)3)17-11-10-15(4)13-16(17)5/h10-11,13-14,18-19H,6-9,12H2,1-5H3. The summed E-state index contributed by atoms with van der Waals surface area (Å²) >= 11 is 0. The van der Waals surface area contributed by atoms with Gasteiger partial charge in [0.1, 0.15) is 0 Å². The molecule has 0 spiro atoms. The van der Waals surface area contributed by atoms with Crippen molar-refractivity contribution >= 4 is 0 Å². The van der Waals surface area contributed by atoms with E-state index in [2.05, 4.69) is 58.1 Å². The molecule has 1 rings (SSSR count). The van der Waals surface area contributed by atoms with Crippen molar-refractivity contribution < 1.29 is 0 Å². The molecule has 0 saturated carbocycles. The third kappa shape index (κ3) is 5.78. The van der Waals surface area contributed by atoms with Gasteiger partial charge in [-0.1, -0.05) is 57.4 Å². The summed E-state index contributed by atoms with van der Waals surface area (Å²) in [7, 11) is 0. The molecule has 0 heterocycles.